The molecule has 0 saturated heterocycles. The fraction of sp³-hybridized carbons (Fsp3) is 0.192. The minimum absolute atomic E-state index is 0.0510. The summed E-state index contributed by atoms with van der Waals surface area (Å²) in [6.45, 7) is 4.06. The van der Waals surface area contributed by atoms with Crippen molar-refractivity contribution in [2.24, 2.45) is 11.8 Å². The molecule has 0 N–H and O–H groups in total. The van der Waals surface area contributed by atoms with Crippen molar-refractivity contribution < 1.29 is 18.7 Å². The molecule has 3 aromatic rings. The van der Waals surface area contributed by atoms with Gasteiger partial charge in [0, 0.05) is 0 Å². The first kappa shape index (κ1) is 21.3. The highest BCUT2D eigenvalue weighted by atomic mass is 19.1. The van der Waals surface area contributed by atoms with Gasteiger partial charge in [-0.2, -0.15) is 0 Å². The van der Waals surface area contributed by atoms with Gasteiger partial charge in [-0.05, 0) is 53.4 Å². The van der Waals surface area contributed by atoms with Crippen LogP contribution in [0.3, 0.4) is 0 Å². The second-order valence-corrected chi connectivity index (χ2v) is 7.35. The number of carbonyl (C=O) groups excluding carboxylic acids is 1. The molecule has 30 heavy (non-hydrogen) atoms. The Morgan fingerprint density at radius 2 is 1.67 bits per heavy atom. The van der Waals surface area contributed by atoms with Crippen molar-refractivity contribution in [1.29, 1.82) is 0 Å². The number of benzene rings is 3. The van der Waals surface area contributed by atoms with E-state index in [-0.39, 0.29) is 24.3 Å². The highest BCUT2D eigenvalue weighted by Gasteiger charge is 2.21. The lowest BCUT2D eigenvalue weighted by Gasteiger charge is -2.16. The van der Waals surface area contributed by atoms with Crippen LogP contribution >= 0.6 is 0 Å². The van der Waals surface area contributed by atoms with Gasteiger partial charge < -0.3 is 9.47 Å². The zero-order valence-corrected chi connectivity index (χ0v) is 17.1. The SMILES string of the molecule is CC(C)C(/C=C/c1cccc(F)c1)C(=O)OCc1cccc(Oc2ccccc2)c1. The van der Waals surface area contributed by atoms with Crippen LogP contribution in [0.5, 0.6) is 11.5 Å². The van der Waals surface area contributed by atoms with E-state index in [2.05, 4.69) is 0 Å². The van der Waals surface area contributed by atoms with Crippen molar-refractivity contribution in [2.45, 2.75) is 20.5 Å². The van der Waals surface area contributed by atoms with Gasteiger partial charge in [-0.25, -0.2) is 4.39 Å². The smallest absolute Gasteiger partial charge is 0.313 e. The topological polar surface area (TPSA) is 35.5 Å². The Hall–Kier alpha value is -3.40. The van der Waals surface area contributed by atoms with E-state index in [0.29, 0.717) is 11.3 Å². The maximum atomic E-state index is 13.4. The fourth-order valence-electron chi connectivity index (χ4n) is 2.97. The van der Waals surface area contributed by atoms with Gasteiger partial charge in [0.25, 0.3) is 0 Å². The molecule has 0 aromatic heterocycles. The van der Waals surface area contributed by atoms with Crippen LogP contribution in [0.25, 0.3) is 6.08 Å². The summed E-state index contributed by atoms with van der Waals surface area (Å²) >= 11 is 0. The molecule has 3 aromatic carbocycles. The number of esters is 1. The Labute approximate surface area is 176 Å². The van der Waals surface area contributed by atoms with Crippen molar-refractivity contribution in [1.82, 2.24) is 0 Å². The Morgan fingerprint density at radius 1 is 0.933 bits per heavy atom. The van der Waals surface area contributed by atoms with Crippen LogP contribution in [0.1, 0.15) is 25.0 Å². The summed E-state index contributed by atoms with van der Waals surface area (Å²) in [5.74, 6) is 0.438. The van der Waals surface area contributed by atoms with E-state index >= 15 is 0 Å². The predicted octanol–water partition coefficient (Wildman–Crippen LogP) is 6.65. The number of hydrogen-bond donors (Lipinski definition) is 0. The van der Waals surface area contributed by atoms with E-state index in [1.807, 2.05) is 68.4 Å². The lowest BCUT2D eigenvalue weighted by atomic mass is 9.95. The lowest BCUT2D eigenvalue weighted by Crippen LogP contribution is -2.20. The third-order valence-electron chi connectivity index (χ3n) is 4.59. The maximum absolute atomic E-state index is 13.4. The molecular weight excluding hydrogens is 379 g/mol. The van der Waals surface area contributed by atoms with Gasteiger partial charge in [0.1, 0.15) is 23.9 Å². The van der Waals surface area contributed by atoms with E-state index in [1.54, 1.807) is 24.3 Å². The molecule has 0 heterocycles. The highest BCUT2D eigenvalue weighted by Crippen LogP contribution is 2.23. The Bertz CT molecular complexity index is 996. The zero-order chi connectivity index (χ0) is 21.3. The third-order valence-corrected chi connectivity index (χ3v) is 4.59. The molecule has 0 radical (unpaired) electrons. The van der Waals surface area contributed by atoms with E-state index in [4.69, 9.17) is 9.47 Å². The standard InChI is InChI=1S/C26H25FO3/c1-19(2)25(15-14-20-8-6-10-22(27)16-20)26(28)29-18-21-9-7-13-24(17-21)30-23-11-4-3-5-12-23/h3-17,19,25H,18H2,1-2H3/b15-14+. The summed E-state index contributed by atoms with van der Waals surface area (Å²) < 4.78 is 24.7. The zero-order valence-electron chi connectivity index (χ0n) is 17.1. The van der Waals surface area contributed by atoms with Gasteiger partial charge in [-0.1, -0.05) is 68.5 Å². The number of hydrogen-bond acceptors (Lipinski definition) is 3. The van der Waals surface area contributed by atoms with E-state index < -0.39 is 5.92 Å². The summed E-state index contributed by atoms with van der Waals surface area (Å²) in [4.78, 5) is 12.6. The van der Waals surface area contributed by atoms with E-state index in [1.165, 1.54) is 12.1 Å². The van der Waals surface area contributed by atoms with Crippen molar-refractivity contribution in [2.75, 3.05) is 0 Å². The number of para-hydroxylation sites is 1. The number of halogens is 1. The molecule has 0 saturated carbocycles. The van der Waals surface area contributed by atoms with Crippen molar-refractivity contribution in [3.05, 3.63) is 102 Å². The van der Waals surface area contributed by atoms with Gasteiger partial charge in [0.15, 0.2) is 0 Å². The molecule has 0 spiro atoms. The Morgan fingerprint density at radius 3 is 2.40 bits per heavy atom. The van der Waals surface area contributed by atoms with Gasteiger partial charge in [0.2, 0.25) is 0 Å². The summed E-state index contributed by atoms with van der Waals surface area (Å²) in [6.07, 6.45) is 3.53. The predicted molar refractivity (Wildman–Crippen MR) is 117 cm³/mol. The van der Waals surface area contributed by atoms with Gasteiger partial charge in [-0.15, -0.1) is 0 Å². The van der Waals surface area contributed by atoms with Gasteiger partial charge >= 0.3 is 5.97 Å². The summed E-state index contributed by atoms with van der Waals surface area (Å²) in [6, 6.07) is 23.2. The monoisotopic (exact) mass is 404 g/mol. The van der Waals surface area contributed by atoms with E-state index in [0.717, 1.165) is 11.3 Å². The quantitative estimate of drug-likeness (QED) is 0.395. The maximum Gasteiger partial charge on any atom is 0.313 e. The van der Waals surface area contributed by atoms with Crippen LogP contribution in [0.15, 0.2) is 84.9 Å². The van der Waals surface area contributed by atoms with Crippen LogP contribution in [0.4, 0.5) is 4.39 Å². The average molecular weight is 404 g/mol. The first-order valence-corrected chi connectivity index (χ1v) is 9.93. The summed E-state index contributed by atoms with van der Waals surface area (Å²) in [7, 11) is 0. The van der Waals surface area contributed by atoms with Crippen molar-refractivity contribution >= 4 is 12.0 Å². The molecule has 3 nitrogen and oxygen atoms in total. The molecular formula is C26H25FO3. The average Bonchev–Trinajstić information content (AvgIpc) is 2.73. The van der Waals surface area contributed by atoms with Crippen LogP contribution < -0.4 is 4.74 Å². The minimum Gasteiger partial charge on any atom is -0.460 e. The normalized spacial score (nSPS) is 12.1. The lowest BCUT2D eigenvalue weighted by molar-refractivity contribution is -0.149. The highest BCUT2D eigenvalue weighted by molar-refractivity contribution is 5.76. The molecule has 0 fully saturated rings. The Kier molecular flexibility index (Phi) is 7.39. The van der Waals surface area contributed by atoms with Gasteiger partial charge in [0.05, 0.1) is 5.92 Å². The molecule has 1 atom stereocenters. The molecule has 0 amide bonds. The first-order valence-electron chi connectivity index (χ1n) is 9.93. The largest absolute Gasteiger partial charge is 0.460 e. The third kappa shape index (κ3) is 6.31. The molecule has 154 valence electrons. The molecule has 3 rings (SSSR count). The van der Waals surface area contributed by atoms with Crippen LogP contribution in [0.2, 0.25) is 0 Å². The number of ether oxygens (including phenoxy) is 2. The van der Waals surface area contributed by atoms with Crippen LogP contribution in [0, 0.1) is 17.7 Å². The first-order chi connectivity index (χ1) is 14.5. The number of rotatable bonds is 8. The molecule has 0 aliphatic carbocycles. The van der Waals surface area contributed by atoms with Crippen LogP contribution in [-0.2, 0) is 16.1 Å². The Balaban J connectivity index is 1.62. The van der Waals surface area contributed by atoms with E-state index in [9.17, 15) is 9.18 Å². The number of carbonyl (C=O) groups is 1. The molecule has 0 aliphatic heterocycles. The fourth-order valence-corrected chi connectivity index (χ4v) is 2.97. The van der Waals surface area contributed by atoms with Crippen LogP contribution in [-0.4, -0.2) is 5.97 Å². The molecule has 0 aliphatic rings. The van der Waals surface area contributed by atoms with Crippen molar-refractivity contribution in [3.8, 4) is 11.5 Å². The second kappa shape index (κ2) is 10.4. The minimum atomic E-state index is -0.419. The molecule has 4 heteroatoms. The summed E-state index contributed by atoms with van der Waals surface area (Å²) in [5.41, 5.74) is 1.55. The summed E-state index contributed by atoms with van der Waals surface area (Å²) in [5, 5.41) is 0. The second-order valence-electron chi connectivity index (χ2n) is 7.35. The molecule has 0 bridgehead atoms. The van der Waals surface area contributed by atoms with Crippen molar-refractivity contribution in [3.63, 3.8) is 0 Å². The molecule has 1 unspecified atom stereocenters. The van der Waals surface area contributed by atoms with Gasteiger partial charge in [-0.3, -0.25) is 4.79 Å².